The predicted octanol–water partition coefficient (Wildman–Crippen LogP) is 2.23. The van der Waals surface area contributed by atoms with E-state index in [1.54, 1.807) is 24.5 Å². The van der Waals surface area contributed by atoms with Gasteiger partial charge in [-0.25, -0.2) is 9.78 Å². The molecule has 13 heteroatoms. The van der Waals surface area contributed by atoms with Gasteiger partial charge in [-0.05, 0) is 30.7 Å². The highest BCUT2D eigenvalue weighted by Gasteiger charge is 2.39. The molecule has 186 valence electrons. The molecule has 5 heterocycles. The Bertz CT molecular complexity index is 1310. The van der Waals surface area contributed by atoms with Crippen LogP contribution < -0.4 is 5.32 Å². The summed E-state index contributed by atoms with van der Waals surface area (Å²) in [6, 6.07) is 11.6. The van der Waals surface area contributed by atoms with Crippen LogP contribution in [0.25, 0.3) is 11.4 Å². The Morgan fingerprint density at radius 3 is 2.69 bits per heavy atom. The summed E-state index contributed by atoms with van der Waals surface area (Å²) < 4.78 is 33.6. The zero-order valence-electron chi connectivity index (χ0n) is 18.7. The molecule has 2 aliphatic heterocycles. The first-order chi connectivity index (χ1) is 17.2. The molecular formula is C23H20F3N7O3. The van der Waals surface area contributed by atoms with Gasteiger partial charge >= 0.3 is 12.1 Å². The fourth-order valence-electron chi connectivity index (χ4n) is 4.08. The predicted molar refractivity (Wildman–Crippen MR) is 118 cm³/mol. The van der Waals surface area contributed by atoms with Crippen LogP contribution in [0.3, 0.4) is 0 Å². The molecule has 0 radical (unpaired) electrons. The van der Waals surface area contributed by atoms with Crippen LogP contribution in [0.2, 0.25) is 0 Å². The monoisotopic (exact) mass is 499 g/mol. The van der Waals surface area contributed by atoms with Crippen molar-refractivity contribution in [2.24, 2.45) is 0 Å². The van der Waals surface area contributed by atoms with E-state index in [9.17, 15) is 18.0 Å². The molecule has 2 N–H and O–H groups in total. The lowest BCUT2D eigenvalue weighted by molar-refractivity contribution is -0.192. The second-order valence-electron chi connectivity index (χ2n) is 8.20. The standard InChI is InChI=1S/C21H19N7O.C2HF3O2/c22-10-14-4-6-23-19(8-14)18-3-2-15-12-28(21(29)20(15)26-18)17-9-16(24-11-17)13-27-7-1-5-25-27;3-2(4,5)1(6)7/h1-8,16-17,24H,9,11-13H2;(H,6,7)/t16-,17+;/m0./s1. The van der Waals surface area contributed by atoms with Gasteiger partial charge in [0.15, 0.2) is 0 Å². The Morgan fingerprint density at radius 2 is 2.03 bits per heavy atom. The Hall–Kier alpha value is -4.31. The molecule has 0 unspecified atom stereocenters. The second-order valence-corrected chi connectivity index (χ2v) is 8.20. The highest BCUT2D eigenvalue weighted by Crippen LogP contribution is 2.29. The first kappa shape index (κ1) is 24.8. The first-order valence-electron chi connectivity index (χ1n) is 10.8. The molecule has 0 bridgehead atoms. The lowest BCUT2D eigenvalue weighted by Crippen LogP contribution is -2.37. The van der Waals surface area contributed by atoms with Crippen LogP contribution in [-0.4, -0.2) is 66.4 Å². The average Bonchev–Trinajstić information content (AvgIpc) is 3.60. The molecule has 2 atom stereocenters. The number of carboxylic acids is 1. The maximum atomic E-state index is 13.1. The minimum Gasteiger partial charge on any atom is -0.475 e. The van der Waals surface area contributed by atoms with Gasteiger partial charge < -0.3 is 15.3 Å². The van der Waals surface area contributed by atoms with Crippen LogP contribution >= 0.6 is 0 Å². The van der Waals surface area contributed by atoms with Crippen LogP contribution in [0.4, 0.5) is 13.2 Å². The largest absolute Gasteiger partial charge is 0.490 e. The fourth-order valence-corrected chi connectivity index (χ4v) is 4.08. The third-order valence-electron chi connectivity index (χ3n) is 5.78. The number of alkyl halides is 3. The number of carbonyl (C=O) groups excluding carboxylic acids is 1. The van der Waals surface area contributed by atoms with Gasteiger partial charge in [0.25, 0.3) is 5.91 Å². The van der Waals surface area contributed by atoms with Gasteiger partial charge in [-0.3, -0.25) is 14.5 Å². The topological polar surface area (TPSA) is 137 Å². The Morgan fingerprint density at radius 1 is 1.25 bits per heavy atom. The number of fused-ring (bicyclic) bond motifs is 1. The van der Waals surface area contributed by atoms with Gasteiger partial charge in [0, 0.05) is 49.3 Å². The van der Waals surface area contributed by atoms with Crippen molar-refractivity contribution in [2.45, 2.75) is 37.8 Å². The number of carbonyl (C=O) groups is 2. The highest BCUT2D eigenvalue weighted by molar-refractivity contribution is 5.97. The number of halogens is 3. The number of hydrogen-bond acceptors (Lipinski definition) is 7. The Labute approximate surface area is 203 Å². The van der Waals surface area contributed by atoms with Gasteiger partial charge in [0.1, 0.15) is 5.69 Å². The van der Waals surface area contributed by atoms with E-state index in [1.807, 2.05) is 34.0 Å². The minimum absolute atomic E-state index is 0.0372. The highest BCUT2D eigenvalue weighted by atomic mass is 19.4. The van der Waals surface area contributed by atoms with E-state index in [0.29, 0.717) is 29.2 Å². The molecule has 2 aliphatic rings. The van der Waals surface area contributed by atoms with Crippen molar-refractivity contribution >= 4 is 11.9 Å². The zero-order chi connectivity index (χ0) is 25.9. The lowest BCUT2D eigenvalue weighted by atomic mass is 10.1. The van der Waals surface area contributed by atoms with Gasteiger partial charge in [-0.2, -0.15) is 23.5 Å². The van der Waals surface area contributed by atoms with Crippen molar-refractivity contribution in [3.63, 3.8) is 0 Å². The van der Waals surface area contributed by atoms with Gasteiger partial charge in [0.2, 0.25) is 0 Å². The number of aromatic nitrogens is 4. The third kappa shape index (κ3) is 5.49. The fraction of sp³-hybridized carbons (Fsp3) is 0.304. The molecule has 1 amide bonds. The van der Waals surface area contributed by atoms with E-state index in [4.69, 9.17) is 15.2 Å². The number of nitrogens with one attached hydrogen (secondary N) is 1. The number of aliphatic carboxylic acids is 1. The van der Waals surface area contributed by atoms with Crippen molar-refractivity contribution in [1.29, 1.82) is 5.26 Å². The maximum absolute atomic E-state index is 13.1. The molecule has 1 fully saturated rings. The van der Waals surface area contributed by atoms with E-state index in [1.165, 1.54) is 0 Å². The summed E-state index contributed by atoms with van der Waals surface area (Å²) in [5.74, 6) is -2.79. The normalized spacial score (nSPS) is 18.8. The Kier molecular flexibility index (Phi) is 6.98. The third-order valence-corrected chi connectivity index (χ3v) is 5.78. The van der Waals surface area contributed by atoms with Gasteiger partial charge in [-0.15, -0.1) is 0 Å². The summed E-state index contributed by atoms with van der Waals surface area (Å²) >= 11 is 0. The molecule has 5 rings (SSSR count). The smallest absolute Gasteiger partial charge is 0.475 e. The number of nitrogens with zero attached hydrogens (tertiary/aromatic N) is 6. The van der Waals surface area contributed by atoms with Crippen molar-refractivity contribution < 1.29 is 27.9 Å². The van der Waals surface area contributed by atoms with Gasteiger partial charge in [0.05, 0.1) is 29.6 Å². The second kappa shape index (κ2) is 10.1. The number of hydrogen-bond donors (Lipinski definition) is 2. The van der Waals surface area contributed by atoms with Crippen LogP contribution in [0, 0.1) is 11.3 Å². The maximum Gasteiger partial charge on any atom is 0.490 e. The molecule has 3 aromatic rings. The number of carboxylic acid groups (broad SMARTS) is 1. The molecule has 10 nitrogen and oxygen atoms in total. The summed E-state index contributed by atoms with van der Waals surface area (Å²) in [4.78, 5) is 32.7. The van der Waals surface area contributed by atoms with E-state index < -0.39 is 12.1 Å². The van der Waals surface area contributed by atoms with E-state index in [0.717, 1.165) is 25.1 Å². The molecule has 1 saturated heterocycles. The van der Waals surface area contributed by atoms with Crippen molar-refractivity contribution in [3.8, 4) is 17.5 Å². The summed E-state index contributed by atoms with van der Waals surface area (Å²) in [6.45, 7) is 2.14. The molecule has 0 aliphatic carbocycles. The summed E-state index contributed by atoms with van der Waals surface area (Å²) in [5.41, 5.74) is 3.15. The summed E-state index contributed by atoms with van der Waals surface area (Å²) in [7, 11) is 0. The summed E-state index contributed by atoms with van der Waals surface area (Å²) in [5, 5.41) is 24.0. The molecular weight excluding hydrogens is 479 g/mol. The Balaban J connectivity index is 0.000000384. The molecule has 36 heavy (non-hydrogen) atoms. The summed E-state index contributed by atoms with van der Waals surface area (Å²) in [6.07, 6.45) is 1.11. The zero-order valence-corrected chi connectivity index (χ0v) is 18.7. The van der Waals surface area contributed by atoms with Crippen LogP contribution in [0.5, 0.6) is 0 Å². The number of rotatable bonds is 4. The van der Waals surface area contributed by atoms with E-state index in [2.05, 4.69) is 26.5 Å². The van der Waals surface area contributed by atoms with Crippen molar-refractivity contribution in [1.82, 2.24) is 30.0 Å². The lowest BCUT2D eigenvalue weighted by Gasteiger charge is -2.22. The van der Waals surface area contributed by atoms with E-state index in [-0.39, 0.29) is 18.0 Å². The van der Waals surface area contributed by atoms with Crippen LogP contribution in [0.15, 0.2) is 48.9 Å². The SMILES string of the molecule is N#Cc1ccnc(-c2ccc3c(n2)C(=O)N([C@H]2CN[C@H](Cn4cccn4)C2)C3)c1.O=C(O)C(F)(F)F. The van der Waals surface area contributed by atoms with Gasteiger partial charge in [-0.1, -0.05) is 6.07 Å². The molecule has 3 aromatic heterocycles. The quantitative estimate of drug-likeness (QED) is 0.558. The molecule has 0 aromatic carbocycles. The number of amides is 1. The van der Waals surface area contributed by atoms with Crippen molar-refractivity contribution in [3.05, 3.63) is 65.7 Å². The first-order valence-corrected chi connectivity index (χ1v) is 10.8. The average molecular weight is 499 g/mol. The molecule has 0 saturated carbocycles. The van der Waals surface area contributed by atoms with Crippen LogP contribution in [0.1, 0.15) is 28.0 Å². The molecule has 0 spiro atoms. The minimum atomic E-state index is -5.08. The van der Waals surface area contributed by atoms with Crippen molar-refractivity contribution in [2.75, 3.05) is 6.54 Å². The number of pyridine rings is 2. The number of nitriles is 1. The van der Waals surface area contributed by atoms with E-state index >= 15 is 0 Å². The van der Waals surface area contributed by atoms with Crippen LogP contribution in [-0.2, 0) is 17.9 Å².